The molecule has 0 amide bonds. The quantitative estimate of drug-likeness (QED) is 0.790. The molecule has 1 aliphatic heterocycles. The predicted molar refractivity (Wildman–Crippen MR) is 88.9 cm³/mol. The molecule has 3 rings (SSSR count). The zero-order valence-electron chi connectivity index (χ0n) is 12.3. The molecule has 3 N–H and O–H groups in total. The molecule has 0 fully saturated rings. The third-order valence-electron chi connectivity index (χ3n) is 3.72. The van der Waals surface area contributed by atoms with Crippen LogP contribution in [0.3, 0.4) is 0 Å². The Morgan fingerprint density at radius 2 is 1.88 bits per heavy atom. The minimum atomic E-state index is -4.52. The number of halogens is 5. The lowest BCUT2D eigenvalue weighted by Gasteiger charge is -2.28. The summed E-state index contributed by atoms with van der Waals surface area (Å²) in [4.78, 5) is 0. The SMILES string of the molecule is NC[C@@H]1CNc2cccc(-c3c(Cl)cc(C(F)(F)F)cc3Cl)c2O1. The number of fused-ring (bicyclic) bond motifs is 1. The second-order valence-corrected chi connectivity index (χ2v) is 6.17. The number of hydrogen-bond acceptors (Lipinski definition) is 3. The summed E-state index contributed by atoms with van der Waals surface area (Å²) in [5.74, 6) is 0.475. The highest BCUT2D eigenvalue weighted by molar-refractivity contribution is 6.39. The van der Waals surface area contributed by atoms with E-state index in [4.69, 9.17) is 33.7 Å². The molecule has 1 atom stereocenters. The normalized spacial score (nSPS) is 17.0. The zero-order valence-corrected chi connectivity index (χ0v) is 13.8. The van der Waals surface area contributed by atoms with Gasteiger partial charge in [0.25, 0.3) is 0 Å². The summed E-state index contributed by atoms with van der Waals surface area (Å²) in [6.45, 7) is 0.844. The number of hydrogen-bond donors (Lipinski definition) is 2. The van der Waals surface area contributed by atoms with Crippen molar-refractivity contribution in [3.05, 3.63) is 45.9 Å². The molecule has 3 nitrogen and oxygen atoms in total. The summed E-state index contributed by atoms with van der Waals surface area (Å²) >= 11 is 12.2. The first-order valence-electron chi connectivity index (χ1n) is 7.11. The van der Waals surface area contributed by atoms with Crippen LogP contribution in [0.4, 0.5) is 18.9 Å². The van der Waals surface area contributed by atoms with Gasteiger partial charge in [-0.25, -0.2) is 0 Å². The average Bonchev–Trinajstić information content (AvgIpc) is 2.53. The lowest BCUT2D eigenvalue weighted by Crippen LogP contribution is -2.37. The molecule has 0 saturated carbocycles. The maximum atomic E-state index is 12.9. The van der Waals surface area contributed by atoms with Crippen molar-refractivity contribution >= 4 is 28.9 Å². The Balaban J connectivity index is 2.14. The Kier molecular flexibility index (Phi) is 4.55. The first kappa shape index (κ1) is 17.2. The monoisotopic (exact) mass is 376 g/mol. The topological polar surface area (TPSA) is 47.3 Å². The Morgan fingerprint density at radius 3 is 2.46 bits per heavy atom. The minimum Gasteiger partial charge on any atom is -0.484 e. The highest BCUT2D eigenvalue weighted by Gasteiger charge is 2.33. The van der Waals surface area contributed by atoms with Gasteiger partial charge in [0.05, 0.1) is 27.8 Å². The highest BCUT2D eigenvalue weighted by Crippen LogP contribution is 2.46. The molecule has 2 aromatic rings. The summed E-state index contributed by atoms with van der Waals surface area (Å²) in [7, 11) is 0. The van der Waals surface area contributed by atoms with Crippen LogP contribution in [0.5, 0.6) is 5.75 Å². The molecular formula is C16H13Cl2F3N2O. The van der Waals surface area contributed by atoms with E-state index in [9.17, 15) is 13.2 Å². The standard InChI is InChI=1S/C16H13Cl2F3N2O/c17-11-4-8(16(19,20)21)5-12(18)14(11)10-2-1-3-13-15(10)24-9(6-22)7-23-13/h1-5,9,23H,6-7,22H2/t9-/m1/s1. The average molecular weight is 377 g/mol. The van der Waals surface area contributed by atoms with E-state index < -0.39 is 11.7 Å². The van der Waals surface area contributed by atoms with Crippen molar-refractivity contribution in [2.24, 2.45) is 5.73 Å². The first-order chi connectivity index (χ1) is 11.3. The van der Waals surface area contributed by atoms with E-state index in [1.54, 1.807) is 18.2 Å². The van der Waals surface area contributed by atoms with E-state index in [0.29, 0.717) is 35.7 Å². The van der Waals surface area contributed by atoms with Gasteiger partial charge in [0.1, 0.15) is 6.10 Å². The molecular weight excluding hydrogens is 364 g/mol. The van der Waals surface area contributed by atoms with Crippen LogP contribution in [0.25, 0.3) is 11.1 Å². The molecule has 0 radical (unpaired) electrons. The second-order valence-electron chi connectivity index (χ2n) is 5.35. The lowest BCUT2D eigenvalue weighted by molar-refractivity contribution is -0.137. The van der Waals surface area contributed by atoms with Gasteiger partial charge in [-0.05, 0) is 18.2 Å². The van der Waals surface area contributed by atoms with Crippen molar-refractivity contribution < 1.29 is 17.9 Å². The Hall–Kier alpha value is -1.63. The van der Waals surface area contributed by atoms with Crippen molar-refractivity contribution in [3.8, 4) is 16.9 Å². The molecule has 0 spiro atoms. The molecule has 1 aliphatic rings. The van der Waals surface area contributed by atoms with E-state index in [1.165, 1.54) is 0 Å². The van der Waals surface area contributed by atoms with Crippen LogP contribution in [0.2, 0.25) is 10.0 Å². The van der Waals surface area contributed by atoms with Gasteiger partial charge in [-0.1, -0.05) is 35.3 Å². The maximum absolute atomic E-state index is 12.9. The van der Waals surface area contributed by atoms with Crippen LogP contribution >= 0.6 is 23.2 Å². The van der Waals surface area contributed by atoms with Gasteiger partial charge < -0.3 is 15.8 Å². The molecule has 0 aliphatic carbocycles. The van der Waals surface area contributed by atoms with Gasteiger partial charge in [-0.3, -0.25) is 0 Å². The number of anilines is 1. The molecule has 0 bridgehead atoms. The summed E-state index contributed by atoms with van der Waals surface area (Å²) in [5, 5.41) is 2.99. The van der Waals surface area contributed by atoms with Gasteiger partial charge in [0.15, 0.2) is 5.75 Å². The number of ether oxygens (including phenoxy) is 1. The number of rotatable bonds is 2. The summed E-state index contributed by atoms with van der Waals surface area (Å²) in [6.07, 6.45) is -4.77. The molecule has 2 aromatic carbocycles. The van der Waals surface area contributed by atoms with Crippen molar-refractivity contribution in [2.45, 2.75) is 12.3 Å². The third kappa shape index (κ3) is 3.14. The number of para-hydroxylation sites is 1. The van der Waals surface area contributed by atoms with E-state index in [0.717, 1.165) is 12.1 Å². The molecule has 128 valence electrons. The van der Waals surface area contributed by atoms with Crippen LogP contribution in [0, 0.1) is 0 Å². The van der Waals surface area contributed by atoms with E-state index in [-0.39, 0.29) is 16.1 Å². The van der Waals surface area contributed by atoms with Crippen molar-refractivity contribution in [1.82, 2.24) is 0 Å². The molecule has 0 aromatic heterocycles. The molecule has 0 saturated heterocycles. The fourth-order valence-corrected chi connectivity index (χ4v) is 3.25. The van der Waals surface area contributed by atoms with Gasteiger partial charge >= 0.3 is 6.18 Å². The summed E-state index contributed by atoms with van der Waals surface area (Å²) in [5.41, 5.74) is 6.26. The summed E-state index contributed by atoms with van der Waals surface area (Å²) < 4.78 is 44.5. The van der Waals surface area contributed by atoms with Gasteiger partial charge in [-0.2, -0.15) is 13.2 Å². The zero-order chi connectivity index (χ0) is 17.5. The van der Waals surface area contributed by atoms with E-state index >= 15 is 0 Å². The molecule has 24 heavy (non-hydrogen) atoms. The van der Waals surface area contributed by atoms with Crippen LogP contribution in [0.1, 0.15) is 5.56 Å². The van der Waals surface area contributed by atoms with Gasteiger partial charge in [0.2, 0.25) is 0 Å². The Morgan fingerprint density at radius 1 is 1.21 bits per heavy atom. The molecule has 0 unspecified atom stereocenters. The predicted octanol–water partition coefficient (Wildman–Crippen LogP) is 4.81. The van der Waals surface area contributed by atoms with Crippen molar-refractivity contribution in [1.29, 1.82) is 0 Å². The number of nitrogens with one attached hydrogen (secondary N) is 1. The fourth-order valence-electron chi connectivity index (χ4n) is 2.56. The lowest BCUT2D eigenvalue weighted by atomic mass is 10.0. The van der Waals surface area contributed by atoms with Gasteiger partial charge in [-0.15, -0.1) is 0 Å². The minimum absolute atomic E-state index is 0.0957. The van der Waals surface area contributed by atoms with Crippen molar-refractivity contribution in [2.75, 3.05) is 18.4 Å². The number of benzene rings is 2. The van der Waals surface area contributed by atoms with Crippen LogP contribution < -0.4 is 15.8 Å². The van der Waals surface area contributed by atoms with Gasteiger partial charge in [0, 0.05) is 17.7 Å². The van der Waals surface area contributed by atoms with Crippen LogP contribution in [-0.2, 0) is 6.18 Å². The number of alkyl halides is 3. The van der Waals surface area contributed by atoms with E-state index in [1.807, 2.05) is 0 Å². The second kappa shape index (κ2) is 6.35. The Bertz CT molecular complexity index is 757. The van der Waals surface area contributed by atoms with Crippen LogP contribution in [0.15, 0.2) is 30.3 Å². The highest BCUT2D eigenvalue weighted by atomic mass is 35.5. The molecule has 8 heteroatoms. The first-order valence-corrected chi connectivity index (χ1v) is 7.87. The summed E-state index contributed by atoms with van der Waals surface area (Å²) in [6, 6.07) is 6.96. The maximum Gasteiger partial charge on any atom is 0.416 e. The van der Waals surface area contributed by atoms with E-state index in [2.05, 4.69) is 5.32 Å². The third-order valence-corrected chi connectivity index (χ3v) is 4.32. The van der Waals surface area contributed by atoms with Crippen LogP contribution in [-0.4, -0.2) is 19.2 Å². The molecule has 1 heterocycles. The van der Waals surface area contributed by atoms with Crippen molar-refractivity contribution in [3.63, 3.8) is 0 Å². The Labute approximate surface area is 146 Å². The largest absolute Gasteiger partial charge is 0.484 e. The number of nitrogens with two attached hydrogens (primary N) is 1. The smallest absolute Gasteiger partial charge is 0.416 e. The fraction of sp³-hybridized carbons (Fsp3) is 0.250.